The van der Waals surface area contributed by atoms with Crippen LogP contribution in [0.3, 0.4) is 0 Å². The molecule has 1 aromatic heterocycles. The van der Waals surface area contributed by atoms with Gasteiger partial charge in [0.2, 0.25) is 0 Å². The lowest BCUT2D eigenvalue weighted by Gasteiger charge is -2.32. The lowest BCUT2D eigenvalue weighted by molar-refractivity contribution is -0.0494. The zero-order valence-electron chi connectivity index (χ0n) is 13.4. The molecular weight excluding hydrogens is 476 g/mol. The summed E-state index contributed by atoms with van der Waals surface area (Å²) < 4.78 is 66.0. The van der Waals surface area contributed by atoms with Crippen LogP contribution >= 0.6 is 24.0 Å². The molecule has 12 heteroatoms. The van der Waals surface area contributed by atoms with Gasteiger partial charge in [0.05, 0.1) is 12.8 Å². The number of aliphatic imine (C=N–C) groups is 1. The molecule has 1 saturated heterocycles. The highest BCUT2D eigenvalue weighted by Crippen LogP contribution is 2.28. The number of hydrogen-bond donors (Lipinski definition) is 2. The van der Waals surface area contributed by atoms with Gasteiger partial charge in [-0.15, -0.1) is 24.0 Å². The molecule has 2 N–H and O–H groups in total. The topological polar surface area (TPSA) is 86.9 Å². The first-order valence-electron chi connectivity index (χ1n) is 7.30. The lowest BCUT2D eigenvalue weighted by Crippen LogP contribution is -2.51. The summed E-state index contributed by atoms with van der Waals surface area (Å²) in [6, 6.07) is 3.39. The van der Waals surface area contributed by atoms with Crippen LogP contribution in [0.4, 0.5) is 13.2 Å². The Morgan fingerprint density at radius 2 is 2.04 bits per heavy atom. The summed E-state index contributed by atoms with van der Waals surface area (Å²) in [4.78, 5) is 4.03. The van der Waals surface area contributed by atoms with Crippen LogP contribution in [0.1, 0.15) is 18.6 Å². The van der Waals surface area contributed by atoms with Crippen molar-refractivity contribution in [2.24, 2.45) is 4.99 Å². The van der Waals surface area contributed by atoms with E-state index in [0.717, 1.165) is 0 Å². The Morgan fingerprint density at radius 3 is 2.52 bits per heavy atom. The van der Waals surface area contributed by atoms with Crippen LogP contribution < -0.4 is 10.6 Å². The molecule has 144 valence electrons. The van der Waals surface area contributed by atoms with Gasteiger partial charge in [-0.1, -0.05) is 0 Å². The number of rotatable bonds is 4. The second-order valence-electron chi connectivity index (χ2n) is 5.27. The molecule has 0 aromatic carbocycles. The van der Waals surface area contributed by atoms with Crippen LogP contribution in [0.25, 0.3) is 0 Å². The zero-order chi connectivity index (χ0) is 17.8. The van der Waals surface area contributed by atoms with Gasteiger partial charge >= 0.3 is 15.5 Å². The van der Waals surface area contributed by atoms with E-state index in [0.29, 0.717) is 22.6 Å². The first-order valence-corrected chi connectivity index (χ1v) is 8.74. The number of piperidine rings is 1. The number of nitrogens with zero attached hydrogens (tertiary/aromatic N) is 2. The van der Waals surface area contributed by atoms with Gasteiger partial charge in [0, 0.05) is 26.2 Å². The summed E-state index contributed by atoms with van der Waals surface area (Å²) in [6.07, 6.45) is 2.07. The van der Waals surface area contributed by atoms with E-state index in [9.17, 15) is 21.6 Å². The molecule has 0 spiro atoms. The Kier molecular flexibility index (Phi) is 7.99. The molecule has 0 saturated carbocycles. The minimum absolute atomic E-state index is 0. The van der Waals surface area contributed by atoms with E-state index >= 15 is 0 Å². The highest BCUT2D eigenvalue weighted by atomic mass is 127. The maximum absolute atomic E-state index is 12.5. The van der Waals surface area contributed by atoms with Crippen LogP contribution in [0, 0.1) is 0 Å². The van der Waals surface area contributed by atoms with Crippen molar-refractivity contribution < 1.29 is 26.0 Å². The molecule has 1 aliphatic rings. The average molecular weight is 496 g/mol. The van der Waals surface area contributed by atoms with Crippen molar-refractivity contribution in [2.75, 3.05) is 20.1 Å². The van der Waals surface area contributed by atoms with Crippen LogP contribution in [0.15, 0.2) is 27.8 Å². The number of halogens is 4. The predicted molar refractivity (Wildman–Crippen MR) is 97.0 cm³/mol. The highest BCUT2D eigenvalue weighted by molar-refractivity contribution is 14.0. The Hall–Kier alpha value is -1.02. The fraction of sp³-hybridized carbons (Fsp3) is 0.615. The largest absolute Gasteiger partial charge is 0.511 e. The summed E-state index contributed by atoms with van der Waals surface area (Å²) in [7, 11) is -3.68. The Bertz CT molecular complexity index is 657. The predicted octanol–water partition coefficient (Wildman–Crippen LogP) is 1.88. The molecule has 0 aliphatic carbocycles. The van der Waals surface area contributed by atoms with Gasteiger partial charge in [-0.3, -0.25) is 4.99 Å². The number of nitrogens with one attached hydrogen (secondary N) is 2. The van der Waals surface area contributed by atoms with E-state index in [4.69, 9.17) is 4.42 Å². The van der Waals surface area contributed by atoms with Crippen LogP contribution in [0.2, 0.25) is 0 Å². The second-order valence-corrected chi connectivity index (χ2v) is 7.20. The van der Waals surface area contributed by atoms with Gasteiger partial charge in [0.15, 0.2) is 5.96 Å². The monoisotopic (exact) mass is 496 g/mol. The molecule has 2 rings (SSSR count). The fourth-order valence-corrected chi connectivity index (χ4v) is 3.34. The molecule has 0 atom stereocenters. The third kappa shape index (κ3) is 5.74. The number of furan rings is 1. The normalized spacial score (nSPS) is 17.8. The van der Waals surface area contributed by atoms with Crippen molar-refractivity contribution in [1.82, 2.24) is 14.9 Å². The highest BCUT2D eigenvalue weighted by Gasteiger charge is 2.50. The maximum atomic E-state index is 12.5. The van der Waals surface area contributed by atoms with Gasteiger partial charge in [-0.2, -0.15) is 17.5 Å². The Morgan fingerprint density at radius 1 is 1.40 bits per heavy atom. The van der Waals surface area contributed by atoms with E-state index in [-0.39, 0.29) is 55.9 Å². The van der Waals surface area contributed by atoms with Crippen LogP contribution in [-0.2, 0) is 16.6 Å². The zero-order valence-corrected chi connectivity index (χ0v) is 16.6. The second kappa shape index (κ2) is 9.07. The molecule has 7 nitrogen and oxygen atoms in total. The van der Waals surface area contributed by atoms with Crippen molar-refractivity contribution in [3.63, 3.8) is 0 Å². The molecule has 0 unspecified atom stereocenters. The average Bonchev–Trinajstić information content (AvgIpc) is 3.04. The standard InChI is InChI=1S/C13H19F3N4O3S.HI/c1-17-12(18-9-11-3-2-8-23-11)19-10-4-6-20(7-5-10)24(21,22)13(14,15)16;/h2-3,8,10H,4-7,9H2,1H3,(H2,17,18,19);1H. The van der Waals surface area contributed by atoms with E-state index in [1.807, 2.05) is 0 Å². The lowest BCUT2D eigenvalue weighted by atomic mass is 10.1. The quantitative estimate of drug-likeness (QED) is 0.378. The minimum atomic E-state index is -5.26. The molecule has 25 heavy (non-hydrogen) atoms. The Labute approximate surface area is 161 Å². The van der Waals surface area contributed by atoms with Crippen LogP contribution in [0.5, 0.6) is 0 Å². The van der Waals surface area contributed by atoms with Gasteiger partial charge in [-0.25, -0.2) is 8.42 Å². The van der Waals surface area contributed by atoms with Crippen molar-refractivity contribution in [3.05, 3.63) is 24.2 Å². The third-order valence-electron chi connectivity index (χ3n) is 3.66. The van der Waals surface area contributed by atoms with Crippen LogP contribution in [-0.4, -0.2) is 50.4 Å². The summed E-state index contributed by atoms with van der Waals surface area (Å²) in [5, 5.41) is 6.09. The fourth-order valence-electron chi connectivity index (χ4n) is 2.36. The molecule has 0 bridgehead atoms. The van der Waals surface area contributed by atoms with E-state index in [1.54, 1.807) is 25.4 Å². The number of sulfonamides is 1. The van der Waals surface area contributed by atoms with E-state index in [2.05, 4.69) is 15.6 Å². The summed E-state index contributed by atoms with van der Waals surface area (Å²) in [5.74, 6) is 1.19. The maximum Gasteiger partial charge on any atom is 0.511 e. The van der Waals surface area contributed by atoms with Crippen molar-refractivity contribution >= 4 is 40.0 Å². The van der Waals surface area contributed by atoms with Gasteiger partial charge in [-0.05, 0) is 25.0 Å². The van der Waals surface area contributed by atoms with E-state index < -0.39 is 15.5 Å². The number of guanidine groups is 1. The molecule has 1 aromatic rings. The molecular formula is C13H20F3IN4O3S. The SMILES string of the molecule is CN=C(NCc1ccco1)NC1CCN(S(=O)(=O)C(F)(F)F)CC1.I. The van der Waals surface area contributed by atoms with E-state index in [1.165, 1.54) is 0 Å². The van der Waals surface area contributed by atoms with Crippen molar-refractivity contribution in [3.8, 4) is 0 Å². The molecule has 0 amide bonds. The molecule has 2 heterocycles. The minimum Gasteiger partial charge on any atom is -0.467 e. The van der Waals surface area contributed by atoms with Gasteiger partial charge < -0.3 is 15.1 Å². The third-order valence-corrected chi connectivity index (χ3v) is 5.29. The summed E-state index contributed by atoms with van der Waals surface area (Å²) in [6.45, 7) is 0.0390. The van der Waals surface area contributed by atoms with Crippen molar-refractivity contribution in [1.29, 1.82) is 0 Å². The summed E-state index contributed by atoms with van der Waals surface area (Å²) >= 11 is 0. The number of alkyl halides is 3. The Balaban J connectivity index is 0.00000312. The molecule has 0 radical (unpaired) electrons. The first kappa shape index (κ1) is 22.0. The molecule has 1 aliphatic heterocycles. The van der Waals surface area contributed by atoms with Crippen molar-refractivity contribution in [2.45, 2.75) is 30.9 Å². The molecule has 1 fully saturated rings. The smallest absolute Gasteiger partial charge is 0.467 e. The van der Waals surface area contributed by atoms with Gasteiger partial charge in [0.25, 0.3) is 0 Å². The van der Waals surface area contributed by atoms with Gasteiger partial charge in [0.1, 0.15) is 5.76 Å². The number of hydrogen-bond acceptors (Lipinski definition) is 4. The first-order chi connectivity index (χ1) is 11.2. The summed E-state index contributed by atoms with van der Waals surface area (Å²) in [5.41, 5.74) is -5.26.